The van der Waals surface area contributed by atoms with Crippen molar-refractivity contribution in [1.29, 1.82) is 0 Å². The van der Waals surface area contributed by atoms with Gasteiger partial charge in [-0.3, -0.25) is 4.90 Å². The molecule has 1 saturated carbocycles. The average molecular weight is 493 g/mol. The molecule has 0 amide bonds. The SMILES string of the molecule is O=S(=O)(NC1[C@@H]2CC[C@H]1Cc1cc(/C=C/CN3CCOCC3)ccc1C2)c1ccc(Cl)s1. The van der Waals surface area contributed by atoms with Crippen molar-refractivity contribution >= 4 is 39.0 Å². The van der Waals surface area contributed by atoms with Gasteiger partial charge in [-0.25, -0.2) is 13.1 Å². The number of hydrogen-bond donors (Lipinski definition) is 1. The summed E-state index contributed by atoms with van der Waals surface area (Å²) in [5, 5.41) is 0. The molecule has 1 unspecified atom stereocenters. The lowest BCUT2D eigenvalue weighted by Gasteiger charge is -2.25. The lowest BCUT2D eigenvalue weighted by Crippen LogP contribution is -2.41. The Bertz CT molecular complexity index is 1090. The normalized spacial score (nSPS) is 26.3. The summed E-state index contributed by atoms with van der Waals surface area (Å²) >= 11 is 7.09. The molecule has 2 aliphatic carbocycles. The molecular formula is C24H29ClN2O3S2. The number of ether oxygens (including phenoxy) is 1. The van der Waals surface area contributed by atoms with Crippen LogP contribution < -0.4 is 4.72 Å². The maximum Gasteiger partial charge on any atom is 0.250 e. The van der Waals surface area contributed by atoms with E-state index in [1.165, 1.54) is 16.7 Å². The van der Waals surface area contributed by atoms with E-state index in [2.05, 4.69) is 40.0 Å². The number of fused-ring (bicyclic) bond motifs is 3. The molecule has 32 heavy (non-hydrogen) atoms. The highest BCUT2D eigenvalue weighted by atomic mass is 35.5. The van der Waals surface area contributed by atoms with Gasteiger partial charge >= 0.3 is 0 Å². The summed E-state index contributed by atoms with van der Waals surface area (Å²) < 4.78 is 35.1. The second-order valence-electron chi connectivity index (χ2n) is 9.05. The van der Waals surface area contributed by atoms with Crippen molar-refractivity contribution in [3.05, 3.63) is 57.4 Å². The maximum atomic E-state index is 12.9. The highest BCUT2D eigenvalue weighted by molar-refractivity contribution is 7.91. The van der Waals surface area contributed by atoms with E-state index in [0.29, 0.717) is 20.4 Å². The van der Waals surface area contributed by atoms with Crippen molar-refractivity contribution in [3.8, 4) is 0 Å². The number of hydrogen-bond acceptors (Lipinski definition) is 5. The molecule has 2 bridgehead atoms. The summed E-state index contributed by atoms with van der Waals surface area (Å²) in [6.07, 6.45) is 8.44. The molecule has 0 spiro atoms. The van der Waals surface area contributed by atoms with Crippen molar-refractivity contribution in [2.75, 3.05) is 32.8 Å². The zero-order valence-corrected chi connectivity index (χ0v) is 20.4. The first-order chi connectivity index (χ1) is 15.5. The van der Waals surface area contributed by atoms with E-state index in [-0.39, 0.29) is 6.04 Å². The minimum absolute atomic E-state index is 0.0198. The zero-order valence-electron chi connectivity index (χ0n) is 18.0. The van der Waals surface area contributed by atoms with Crippen molar-refractivity contribution in [3.63, 3.8) is 0 Å². The number of sulfonamides is 1. The van der Waals surface area contributed by atoms with Gasteiger partial charge in [0.25, 0.3) is 0 Å². The van der Waals surface area contributed by atoms with Gasteiger partial charge in [0.1, 0.15) is 4.21 Å². The van der Waals surface area contributed by atoms with Crippen LogP contribution in [0, 0.1) is 11.8 Å². The molecule has 2 heterocycles. The average Bonchev–Trinajstić information content (AvgIpc) is 3.33. The highest BCUT2D eigenvalue weighted by Crippen LogP contribution is 2.41. The number of nitrogens with one attached hydrogen (secondary N) is 1. The quantitative estimate of drug-likeness (QED) is 0.656. The van der Waals surface area contributed by atoms with Crippen LogP contribution in [-0.4, -0.2) is 52.2 Å². The Labute approximate surface area is 199 Å². The third kappa shape index (κ3) is 4.98. The van der Waals surface area contributed by atoms with Crippen LogP contribution in [0.3, 0.4) is 0 Å². The first kappa shape index (κ1) is 22.6. The van der Waals surface area contributed by atoms with Crippen LogP contribution >= 0.6 is 22.9 Å². The molecule has 3 aliphatic rings. The van der Waals surface area contributed by atoms with E-state index < -0.39 is 10.0 Å². The van der Waals surface area contributed by atoms with Crippen LogP contribution in [0.25, 0.3) is 6.08 Å². The number of nitrogens with zero attached hydrogens (tertiary/aromatic N) is 1. The molecule has 1 N–H and O–H groups in total. The van der Waals surface area contributed by atoms with Gasteiger partial charge in [-0.15, -0.1) is 11.3 Å². The maximum absolute atomic E-state index is 12.9. The molecule has 0 radical (unpaired) electrons. The molecule has 1 aromatic heterocycles. The van der Waals surface area contributed by atoms with E-state index in [4.69, 9.17) is 16.3 Å². The fourth-order valence-electron chi connectivity index (χ4n) is 5.33. The second kappa shape index (κ2) is 9.57. The Morgan fingerprint density at radius 1 is 1.09 bits per heavy atom. The molecule has 8 heteroatoms. The van der Waals surface area contributed by atoms with Crippen LogP contribution in [0.1, 0.15) is 29.5 Å². The lowest BCUT2D eigenvalue weighted by atomic mass is 9.92. The monoisotopic (exact) mass is 492 g/mol. The van der Waals surface area contributed by atoms with Crippen LogP contribution in [0.2, 0.25) is 4.34 Å². The highest BCUT2D eigenvalue weighted by Gasteiger charge is 2.41. The van der Waals surface area contributed by atoms with Crippen molar-refractivity contribution in [2.24, 2.45) is 11.8 Å². The summed E-state index contributed by atoms with van der Waals surface area (Å²) in [5.41, 5.74) is 3.96. The summed E-state index contributed by atoms with van der Waals surface area (Å²) in [6, 6.07) is 9.96. The topological polar surface area (TPSA) is 58.6 Å². The van der Waals surface area contributed by atoms with E-state index in [9.17, 15) is 8.42 Å². The molecule has 2 fully saturated rings. The van der Waals surface area contributed by atoms with Gasteiger partial charge < -0.3 is 4.74 Å². The first-order valence-corrected chi connectivity index (χ1v) is 14.0. The molecule has 1 aromatic carbocycles. The van der Waals surface area contributed by atoms with Gasteiger partial charge in [0, 0.05) is 25.7 Å². The summed E-state index contributed by atoms with van der Waals surface area (Å²) in [5.74, 6) is 0.674. The number of morpholine rings is 1. The smallest absolute Gasteiger partial charge is 0.250 e. The predicted molar refractivity (Wildman–Crippen MR) is 130 cm³/mol. The third-order valence-electron chi connectivity index (χ3n) is 7.00. The fourth-order valence-corrected chi connectivity index (χ4v) is 8.20. The van der Waals surface area contributed by atoms with Gasteiger partial charge in [0.2, 0.25) is 10.0 Å². The Hall–Kier alpha value is -1.22. The van der Waals surface area contributed by atoms with Gasteiger partial charge in [0.15, 0.2) is 0 Å². The van der Waals surface area contributed by atoms with Gasteiger partial charge in [0.05, 0.1) is 17.6 Å². The van der Waals surface area contributed by atoms with Crippen molar-refractivity contribution in [2.45, 2.75) is 35.9 Å². The molecule has 1 aliphatic heterocycles. The Balaban J connectivity index is 1.28. The number of halogens is 1. The largest absolute Gasteiger partial charge is 0.379 e. The number of benzene rings is 1. The second-order valence-corrected chi connectivity index (χ2v) is 12.7. The molecule has 2 aromatic rings. The lowest BCUT2D eigenvalue weighted by molar-refractivity contribution is 0.0435. The van der Waals surface area contributed by atoms with E-state index in [1.54, 1.807) is 12.1 Å². The van der Waals surface area contributed by atoms with Crippen molar-refractivity contribution < 1.29 is 13.2 Å². The predicted octanol–water partition coefficient (Wildman–Crippen LogP) is 4.22. The first-order valence-electron chi connectivity index (χ1n) is 11.3. The fraction of sp³-hybridized carbons (Fsp3) is 0.500. The molecule has 3 atom stereocenters. The van der Waals surface area contributed by atoms with Gasteiger partial charge in [-0.1, -0.05) is 42.0 Å². The number of rotatable bonds is 6. The summed E-state index contributed by atoms with van der Waals surface area (Å²) in [6.45, 7) is 4.57. The molecule has 1 saturated heterocycles. The van der Waals surface area contributed by atoms with Crippen LogP contribution in [0.5, 0.6) is 0 Å². The Morgan fingerprint density at radius 3 is 2.56 bits per heavy atom. The molecule has 5 nitrogen and oxygen atoms in total. The van der Waals surface area contributed by atoms with E-state index >= 15 is 0 Å². The Kier molecular flexibility index (Phi) is 6.75. The summed E-state index contributed by atoms with van der Waals surface area (Å²) in [4.78, 5) is 2.40. The van der Waals surface area contributed by atoms with E-state index in [1.807, 2.05) is 0 Å². The zero-order chi connectivity index (χ0) is 22.1. The van der Waals surface area contributed by atoms with Crippen molar-refractivity contribution in [1.82, 2.24) is 9.62 Å². The number of thiophene rings is 1. The minimum Gasteiger partial charge on any atom is -0.379 e. The molecule has 172 valence electrons. The van der Waals surface area contributed by atoms with Crippen LogP contribution in [0.4, 0.5) is 0 Å². The van der Waals surface area contributed by atoms with Gasteiger partial charge in [-0.2, -0.15) is 0 Å². The summed E-state index contributed by atoms with van der Waals surface area (Å²) in [7, 11) is -3.54. The van der Waals surface area contributed by atoms with E-state index in [0.717, 1.165) is 69.9 Å². The Morgan fingerprint density at radius 2 is 1.84 bits per heavy atom. The van der Waals surface area contributed by atoms with Crippen LogP contribution in [0.15, 0.2) is 40.6 Å². The third-order valence-corrected chi connectivity index (χ3v) is 10.2. The molecular weight excluding hydrogens is 464 g/mol. The van der Waals surface area contributed by atoms with Gasteiger partial charge in [-0.05, 0) is 66.3 Å². The molecule has 5 rings (SSSR count). The van der Waals surface area contributed by atoms with Crippen LogP contribution in [-0.2, 0) is 27.6 Å². The minimum atomic E-state index is -3.54. The standard InChI is InChI=1S/C24H29ClN2O3S2/c25-22-7-8-23(31-22)32(28,29)26-24-19-5-6-20(24)16-21-14-17(3-4-18(21)15-19)2-1-9-27-10-12-30-13-11-27/h1-4,7-8,14,19-20,24,26H,5-6,9-13,15-16H2/b2-1+/t19-,20+,24?/m1/s1.